The molecule has 0 amide bonds. The van der Waals surface area contributed by atoms with Crippen molar-refractivity contribution in [3.8, 4) is 28.5 Å². The van der Waals surface area contributed by atoms with E-state index >= 15 is 0 Å². The number of aromatic nitrogens is 1. The normalized spacial score (nSPS) is 12.8. The highest BCUT2D eigenvalue weighted by Crippen LogP contribution is 2.42. The van der Waals surface area contributed by atoms with Crippen LogP contribution in [0.25, 0.3) is 32.6 Å². The van der Waals surface area contributed by atoms with E-state index in [1.54, 1.807) is 0 Å². The van der Waals surface area contributed by atoms with Crippen molar-refractivity contribution in [1.29, 1.82) is 5.26 Å². The zero-order chi connectivity index (χ0) is 19.1. The van der Waals surface area contributed by atoms with Gasteiger partial charge in [0.15, 0.2) is 0 Å². The first-order chi connectivity index (χ1) is 13.7. The Morgan fingerprint density at radius 3 is 2.52 bits per heavy atom. The summed E-state index contributed by atoms with van der Waals surface area (Å²) in [6.07, 6.45) is 4.88. The molecule has 0 bridgehead atoms. The minimum Gasteiger partial charge on any atom is -1.00 e. The van der Waals surface area contributed by atoms with Crippen LogP contribution in [-0.4, -0.2) is 4.98 Å². The SMILES string of the molecule is Cc1cccc(-c2cc(-c3ccc(C#N)cc3)nc3sc4c(c23)CCCC4)c1.[Cl-]. The molecule has 4 aromatic rings. The van der Waals surface area contributed by atoms with Gasteiger partial charge in [-0.2, -0.15) is 5.26 Å². The number of hydrogen-bond acceptors (Lipinski definition) is 3. The fourth-order valence-corrected chi connectivity index (χ4v) is 5.45. The quantitative estimate of drug-likeness (QED) is 0.500. The summed E-state index contributed by atoms with van der Waals surface area (Å²) >= 11 is 1.87. The van der Waals surface area contributed by atoms with Crippen LogP contribution in [0.2, 0.25) is 0 Å². The van der Waals surface area contributed by atoms with Gasteiger partial charge in [-0.3, -0.25) is 0 Å². The molecule has 0 fully saturated rings. The number of pyridine rings is 1. The van der Waals surface area contributed by atoms with Gasteiger partial charge in [-0.1, -0.05) is 42.0 Å². The third-order valence-corrected chi connectivity index (χ3v) is 6.75. The highest BCUT2D eigenvalue weighted by molar-refractivity contribution is 7.19. The number of nitriles is 1. The van der Waals surface area contributed by atoms with Gasteiger partial charge in [-0.15, -0.1) is 11.3 Å². The molecule has 5 rings (SSSR count). The van der Waals surface area contributed by atoms with E-state index in [1.165, 1.54) is 51.8 Å². The molecule has 1 aliphatic rings. The second-order valence-electron chi connectivity index (χ2n) is 7.50. The standard InChI is InChI=1S/C25H20N2S.ClH/c1-16-5-4-6-19(13-16)21-14-22(18-11-9-17(15-26)10-12-18)27-25-24(21)20-7-2-3-8-23(20)28-25;/h4-6,9-14H,2-3,7-8H2,1H3;1H/p-1. The number of thiophene rings is 1. The summed E-state index contributed by atoms with van der Waals surface area (Å²) in [5.74, 6) is 0. The molecule has 2 aromatic carbocycles. The van der Waals surface area contributed by atoms with Gasteiger partial charge in [-0.25, -0.2) is 4.98 Å². The summed E-state index contributed by atoms with van der Waals surface area (Å²) in [7, 11) is 0. The smallest absolute Gasteiger partial charge is 0.125 e. The number of hydrogen-bond donors (Lipinski definition) is 0. The second kappa shape index (κ2) is 7.99. The van der Waals surface area contributed by atoms with Crippen LogP contribution in [0.4, 0.5) is 0 Å². The van der Waals surface area contributed by atoms with E-state index < -0.39 is 0 Å². The van der Waals surface area contributed by atoms with Crippen molar-refractivity contribution >= 4 is 21.6 Å². The summed E-state index contributed by atoms with van der Waals surface area (Å²) in [6.45, 7) is 2.15. The van der Waals surface area contributed by atoms with Gasteiger partial charge in [0.25, 0.3) is 0 Å². The number of aryl methyl sites for hydroxylation is 3. The summed E-state index contributed by atoms with van der Waals surface area (Å²) in [6, 6.07) is 20.9. The van der Waals surface area contributed by atoms with E-state index in [0.29, 0.717) is 5.56 Å². The fourth-order valence-electron chi connectivity index (χ4n) is 4.16. The lowest BCUT2D eigenvalue weighted by atomic mass is 9.91. The zero-order valence-corrected chi connectivity index (χ0v) is 17.8. The maximum Gasteiger partial charge on any atom is 0.125 e. The minimum atomic E-state index is 0. The maximum absolute atomic E-state index is 9.09. The Labute approximate surface area is 181 Å². The average molecular weight is 416 g/mol. The number of nitrogens with zero attached hydrogens (tertiary/aromatic N) is 2. The molecule has 4 heteroatoms. The lowest BCUT2D eigenvalue weighted by Gasteiger charge is -2.13. The highest BCUT2D eigenvalue weighted by Gasteiger charge is 2.21. The molecule has 0 aliphatic heterocycles. The van der Waals surface area contributed by atoms with E-state index in [9.17, 15) is 0 Å². The van der Waals surface area contributed by atoms with Gasteiger partial charge in [0.05, 0.1) is 17.3 Å². The molecule has 0 unspecified atom stereocenters. The largest absolute Gasteiger partial charge is 1.00 e. The predicted octanol–water partition coefficient (Wildman–Crippen LogP) is 3.69. The summed E-state index contributed by atoms with van der Waals surface area (Å²) in [4.78, 5) is 7.71. The van der Waals surface area contributed by atoms with E-state index in [4.69, 9.17) is 10.2 Å². The van der Waals surface area contributed by atoms with E-state index in [0.717, 1.165) is 22.5 Å². The van der Waals surface area contributed by atoms with Crippen LogP contribution < -0.4 is 12.4 Å². The summed E-state index contributed by atoms with van der Waals surface area (Å²) in [5.41, 5.74) is 8.04. The van der Waals surface area contributed by atoms with Gasteiger partial charge >= 0.3 is 0 Å². The second-order valence-corrected chi connectivity index (χ2v) is 8.59. The van der Waals surface area contributed by atoms with Crippen molar-refractivity contribution < 1.29 is 12.4 Å². The molecule has 0 radical (unpaired) electrons. The molecule has 2 aromatic heterocycles. The Morgan fingerprint density at radius 2 is 1.76 bits per heavy atom. The molecule has 144 valence electrons. The Hall–Kier alpha value is -2.67. The first kappa shape index (κ1) is 19.6. The van der Waals surface area contributed by atoms with Crippen molar-refractivity contribution in [2.75, 3.05) is 0 Å². The van der Waals surface area contributed by atoms with Gasteiger partial charge in [0.1, 0.15) is 4.83 Å². The Bertz CT molecular complexity index is 1230. The number of rotatable bonds is 2. The molecule has 0 saturated heterocycles. The molecule has 0 atom stereocenters. The van der Waals surface area contributed by atoms with E-state index in [2.05, 4.69) is 43.3 Å². The number of halogens is 1. The van der Waals surface area contributed by atoms with Crippen molar-refractivity contribution in [3.05, 3.63) is 76.2 Å². The van der Waals surface area contributed by atoms with Crippen LogP contribution in [0.5, 0.6) is 0 Å². The zero-order valence-electron chi connectivity index (χ0n) is 16.2. The Kier molecular flexibility index (Phi) is 5.41. The third-order valence-electron chi connectivity index (χ3n) is 5.56. The molecule has 1 aliphatic carbocycles. The molecule has 2 heterocycles. The molecule has 2 nitrogen and oxygen atoms in total. The van der Waals surface area contributed by atoms with Crippen molar-refractivity contribution in [1.82, 2.24) is 4.98 Å². The first-order valence-corrected chi connectivity index (χ1v) is 10.6. The van der Waals surface area contributed by atoms with Crippen LogP contribution in [0.15, 0.2) is 54.6 Å². The van der Waals surface area contributed by atoms with Crippen molar-refractivity contribution in [2.45, 2.75) is 32.6 Å². The molecular formula is C25H20ClN2S-. The van der Waals surface area contributed by atoms with Crippen LogP contribution in [0.3, 0.4) is 0 Å². The van der Waals surface area contributed by atoms with Gasteiger partial charge in [0.2, 0.25) is 0 Å². The molecule has 0 spiro atoms. The minimum absolute atomic E-state index is 0. The lowest BCUT2D eigenvalue weighted by molar-refractivity contribution is -0.00000571. The fraction of sp³-hybridized carbons (Fsp3) is 0.200. The topological polar surface area (TPSA) is 36.7 Å². The third kappa shape index (κ3) is 3.55. The monoisotopic (exact) mass is 415 g/mol. The first-order valence-electron chi connectivity index (χ1n) is 9.76. The molecular weight excluding hydrogens is 396 g/mol. The number of benzene rings is 2. The van der Waals surface area contributed by atoms with Crippen LogP contribution in [0, 0.1) is 18.3 Å². The van der Waals surface area contributed by atoms with Crippen molar-refractivity contribution in [2.24, 2.45) is 0 Å². The molecule has 0 N–H and O–H groups in total. The van der Waals surface area contributed by atoms with Gasteiger partial charge < -0.3 is 12.4 Å². The van der Waals surface area contributed by atoms with E-state index in [-0.39, 0.29) is 12.4 Å². The Morgan fingerprint density at radius 1 is 0.966 bits per heavy atom. The molecule has 0 saturated carbocycles. The van der Waals surface area contributed by atoms with E-state index in [1.807, 2.05) is 35.6 Å². The number of fused-ring (bicyclic) bond motifs is 3. The molecule has 29 heavy (non-hydrogen) atoms. The lowest BCUT2D eigenvalue weighted by Crippen LogP contribution is -3.00. The van der Waals surface area contributed by atoms with Gasteiger partial charge in [-0.05, 0) is 67.5 Å². The summed E-state index contributed by atoms with van der Waals surface area (Å²) in [5, 5.41) is 10.4. The maximum atomic E-state index is 9.09. The Balaban J connectivity index is 0.00000205. The summed E-state index contributed by atoms with van der Waals surface area (Å²) < 4.78 is 0. The van der Waals surface area contributed by atoms with Crippen LogP contribution >= 0.6 is 11.3 Å². The van der Waals surface area contributed by atoms with Crippen molar-refractivity contribution in [3.63, 3.8) is 0 Å². The average Bonchev–Trinajstić information content (AvgIpc) is 3.11. The van der Waals surface area contributed by atoms with Crippen LogP contribution in [0.1, 0.15) is 34.4 Å². The van der Waals surface area contributed by atoms with Gasteiger partial charge in [0, 0.05) is 15.8 Å². The van der Waals surface area contributed by atoms with Crippen LogP contribution in [-0.2, 0) is 12.8 Å². The predicted molar refractivity (Wildman–Crippen MR) is 117 cm³/mol. The highest BCUT2D eigenvalue weighted by atomic mass is 35.5.